The van der Waals surface area contributed by atoms with Gasteiger partial charge in [-0.3, -0.25) is 0 Å². The smallest absolute Gasteiger partial charge is 0.358 e. The van der Waals surface area contributed by atoms with E-state index in [0.29, 0.717) is 11.2 Å². The zero-order valence-corrected chi connectivity index (χ0v) is 12.3. The fraction of sp³-hybridized carbons (Fsp3) is 0.357. The molecule has 1 unspecified atom stereocenters. The summed E-state index contributed by atoms with van der Waals surface area (Å²) in [5.74, 6) is -0.0460. The molecular formula is C14H17N3O2S. The Bertz CT molecular complexity index is 618. The van der Waals surface area contributed by atoms with Crippen molar-refractivity contribution in [3.8, 4) is 0 Å². The zero-order chi connectivity index (χ0) is 14.5. The molecule has 20 heavy (non-hydrogen) atoms. The molecule has 1 aromatic carbocycles. The standard InChI is InChI=1S/C14H17N3O2S/c1-9(7-8-20-2)15-12-10-5-3-4-6-11(10)16-17-13(12)14(18)19/h3-6,9H,7-8H2,1-2H3,(H,15,16)(H,18,19). The van der Waals surface area contributed by atoms with E-state index in [9.17, 15) is 9.90 Å². The van der Waals surface area contributed by atoms with E-state index in [1.165, 1.54) is 0 Å². The Hall–Kier alpha value is -1.82. The molecule has 0 radical (unpaired) electrons. The van der Waals surface area contributed by atoms with Gasteiger partial charge in [0.2, 0.25) is 0 Å². The Balaban J connectivity index is 2.41. The number of anilines is 1. The van der Waals surface area contributed by atoms with E-state index >= 15 is 0 Å². The zero-order valence-electron chi connectivity index (χ0n) is 11.5. The second-order valence-corrected chi connectivity index (χ2v) is 5.56. The topological polar surface area (TPSA) is 75.1 Å². The Morgan fingerprint density at radius 3 is 2.85 bits per heavy atom. The lowest BCUT2D eigenvalue weighted by Crippen LogP contribution is -2.19. The van der Waals surface area contributed by atoms with Crippen molar-refractivity contribution in [2.45, 2.75) is 19.4 Å². The average Bonchev–Trinajstić information content (AvgIpc) is 2.45. The molecule has 1 heterocycles. The number of carbonyl (C=O) groups is 1. The summed E-state index contributed by atoms with van der Waals surface area (Å²) in [5, 5.41) is 21.1. The Labute approximate surface area is 121 Å². The summed E-state index contributed by atoms with van der Waals surface area (Å²) in [6.45, 7) is 2.04. The monoisotopic (exact) mass is 291 g/mol. The second kappa shape index (κ2) is 6.56. The summed E-state index contributed by atoms with van der Waals surface area (Å²) in [7, 11) is 0. The number of nitrogens with zero attached hydrogens (tertiary/aromatic N) is 2. The number of rotatable bonds is 6. The van der Waals surface area contributed by atoms with Gasteiger partial charge >= 0.3 is 5.97 Å². The van der Waals surface area contributed by atoms with Crippen molar-refractivity contribution in [1.82, 2.24) is 10.2 Å². The molecule has 5 nitrogen and oxygen atoms in total. The molecule has 1 atom stereocenters. The fourth-order valence-corrected chi connectivity index (χ4v) is 2.55. The molecule has 1 aromatic heterocycles. The van der Waals surface area contributed by atoms with Crippen molar-refractivity contribution in [3.05, 3.63) is 30.0 Å². The average molecular weight is 291 g/mol. The number of benzene rings is 1. The molecule has 0 saturated carbocycles. The second-order valence-electron chi connectivity index (χ2n) is 4.57. The largest absolute Gasteiger partial charge is 0.476 e. The lowest BCUT2D eigenvalue weighted by Gasteiger charge is -2.17. The van der Waals surface area contributed by atoms with Gasteiger partial charge in [0.1, 0.15) is 0 Å². The molecule has 6 heteroatoms. The van der Waals surface area contributed by atoms with Crippen molar-refractivity contribution in [2.24, 2.45) is 0 Å². The van der Waals surface area contributed by atoms with Crippen LogP contribution in [-0.2, 0) is 0 Å². The van der Waals surface area contributed by atoms with Crippen LogP contribution in [0.1, 0.15) is 23.8 Å². The fourth-order valence-electron chi connectivity index (χ4n) is 1.96. The van der Waals surface area contributed by atoms with Gasteiger partial charge in [0.25, 0.3) is 0 Å². The molecule has 0 aliphatic carbocycles. The molecule has 0 amide bonds. The third-order valence-corrected chi connectivity index (χ3v) is 3.66. The molecule has 2 aromatic rings. The van der Waals surface area contributed by atoms with Gasteiger partial charge in [0.05, 0.1) is 11.2 Å². The summed E-state index contributed by atoms with van der Waals surface area (Å²) in [6, 6.07) is 7.59. The highest BCUT2D eigenvalue weighted by Crippen LogP contribution is 2.25. The SMILES string of the molecule is CSCCC(C)Nc1c(C(=O)O)nnc2ccccc12. The van der Waals surface area contributed by atoms with Crippen molar-refractivity contribution >= 4 is 34.3 Å². The summed E-state index contributed by atoms with van der Waals surface area (Å²) < 4.78 is 0. The molecule has 2 rings (SSSR count). The lowest BCUT2D eigenvalue weighted by molar-refractivity contribution is 0.0690. The highest BCUT2D eigenvalue weighted by Gasteiger charge is 2.17. The van der Waals surface area contributed by atoms with Crippen molar-refractivity contribution in [3.63, 3.8) is 0 Å². The van der Waals surface area contributed by atoms with Crippen molar-refractivity contribution in [2.75, 3.05) is 17.3 Å². The first-order valence-corrected chi connectivity index (χ1v) is 7.77. The van der Waals surface area contributed by atoms with Gasteiger partial charge in [0.15, 0.2) is 5.69 Å². The van der Waals surface area contributed by atoms with Crippen molar-refractivity contribution in [1.29, 1.82) is 0 Å². The number of carboxylic acids is 1. The molecule has 0 aliphatic heterocycles. The van der Waals surface area contributed by atoms with Gasteiger partial charge in [-0.15, -0.1) is 10.2 Å². The Morgan fingerprint density at radius 2 is 2.15 bits per heavy atom. The van der Waals surface area contributed by atoms with Crippen LogP contribution in [0, 0.1) is 0 Å². The van der Waals surface area contributed by atoms with E-state index in [0.717, 1.165) is 17.6 Å². The maximum absolute atomic E-state index is 11.3. The minimum absolute atomic E-state index is 0.0281. The van der Waals surface area contributed by atoms with E-state index in [2.05, 4.69) is 21.8 Å². The molecule has 0 fully saturated rings. The van der Waals surface area contributed by atoms with E-state index in [1.807, 2.05) is 31.2 Å². The predicted molar refractivity (Wildman–Crippen MR) is 82.6 cm³/mol. The number of aromatic carboxylic acids is 1. The maximum atomic E-state index is 11.3. The van der Waals surface area contributed by atoms with Crippen LogP contribution < -0.4 is 5.32 Å². The first-order valence-electron chi connectivity index (χ1n) is 6.37. The quantitative estimate of drug-likeness (QED) is 0.852. The molecule has 106 valence electrons. The van der Waals surface area contributed by atoms with Crippen LogP contribution >= 0.6 is 11.8 Å². The van der Waals surface area contributed by atoms with E-state index < -0.39 is 5.97 Å². The van der Waals surface area contributed by atoms with Gasteiger partial charge in [0, 0.05) is 11.4 Å². The number of hydrogen-bond donors (Lipinski definition) is 2. The van der Waals surface area contributed by atoms with Crippen LogP contribution in [0.5, 0.6) is 0 Å². The normalized spacial score (nSPS) is 12.3. The molecule has 0 spiro atoms. The minimum Gasteiger partial charge on any atom is -0.476 e. The summed E-state index contributed by atoms with van der Waals surface area (Å²) in [4.78, 5) is 11.3. The Morgan fingerprint density at radius 1 is 1.40 bits per heavy atom. The number of hydrogen-bond acceptors (Lipinski definition) is 5. The molecule has 0 aliphatic rings. The summed E-state index contributed by atoms with van der Waals surface area (Å²) >= 11 is 1.77. The van der Waals surface area contributed by atoms with Crippen LogP contribution in [0.15, 0.2) is 24.3 Å². The van der Waals surface area contributed by atoms with Gasteiger partial charge in [-0.25, -0.2) is 4.79 Å². The van der Waals surface area contributed by atoms with E-state index in [4.69, 9.17) is 0 Å². The van der Waals surface area contributed by atoms with Crippen LogP contribution in [-0.4, -0.2) is 39.3 Å². The van der Waals surface area contributed by atoms with Crippen LogP contribution in [0.3, 0.4) is 0 Å². The highest BCUT2D eigenvalue weighted by molar-refractivity contribution is 7.98. The highest BCUT2D eigenvalue weighted by atomic mass is 32.2. The first-order chi connectivity index (χ1) is 9.63. The van der Waals surface area contributed by atoms with Crippen LogP contribution in [0.2, 0.25) is 0 Å². The first kappa shape index (κ1) is 14.6. The molecule has 2 N–H and O–H groups in total. The third-order valence-electron chi connectivity index (χ3n) is 3.02. The summed E-state index contributed by atoms with van der Waals surface area (Å²) in [6.07, 6.45) is 3.01. The van der Waals surface area contributed by atoms with E-state index in [-0.39, 0.29) is 11.7 Å². The van der Waals surface area contributed by atoms with Crippen LogP contribution in [0.4, 0.5) is 5.69 Å². The number of fused-ring (bicyclic) bond motifs is 1. The number of carboxylic acid groups (broad SMARTS) is 1. The molecular weight excluding hydrogens is 274 g/mol. The third kappa shape index (κ3) is 3.19. The number of thioether (sulfide) groups is 1. The van der Waals surface area contributed by atoms with E-state index in [1.54, 1.807) is 11.8 Å². The van der Waals surface area contributed by atoms with Gasteiger partial charge < -0.3 is 10.4 Å². The van der Waals surface area contributed by atoms with Gasteiger partial charge in [-0.2, -0.15) is 11.8 Å². The maximum Gasteiger partial charge on any atom is 0.358 e. The molecule has 0 saturated heterocycles. The van der Waals surface area contributed by atoms with Gasteiger partial charge in [-0.05, 0) is 31.4 Å². The minimum atomic E-state index is -1.07. The van der Waals surface area contributed by atoms with Crippen LogP contribution in [0.25, 0.3) is 10.9 Å². The number of nitrogens with one attached hydrogen (secondary N) is 1. The molecule has 0 bridgehead atoms. The lowest BCUT2D eigenvalue weighted by atomic mass is 10.1. The van der Waals surface area contributed by atoms with Gasteiger partial charge in [-0.1, -0.05) is 18.2 Å². The van der Waals surface area contributed by atoms with Crippen molar-refractivity contribution < 1.29 is 9.90 Å². The predicted octanol–water partition coefficient (Wildman–Crippen LogP) is 2.88. The summed E-state index contributed by atoms with van der Waals surface area (Å²) in [5.41, 5.74) is 1.22. The number of aromatic nitrogens is 2. The Kier molecular flexibility index (Phi) is 4.79.